The van der Waals surface area contributed by atoms with E-state index in [0.29, 0.717) is 0 Å². The molecule has 21 heavy (non-hydrogen) atoms. The van der Waals surface area contributed by atoms with Gasteiger partial charge < -0.3 is 10.6 Å². The minimum atomic E-state index is 0.768. The van der Waals surface area contributed by atoms with Crippen molar-refractivity contribution in [2.45, 2.75) is 19.4 Å². The fourth-order valence-electron chi connectivity index (χ4n) is 2.16. The second-order valence-corrected chi connectivity index (χ2v) is 5.37. The third-order valence-electron chi connectivity index (χ3n) is 3.64. The van der Waals surface area contributed by atoms with Gasteiger partial charge in [-0.25, -0.2) is 4.68 Å². The van der Waals surface area contributed by atoms with Gasteiger partial charge in [-0.1, -0.05) is 12.1 Å². The van der Waals surface area contributed by atoms with E-state index in [2.05, 4.69) is 45.0 Å². The van der Waals surface area contributed by atoms with E-state index in [9.17, 15) is 0 Å². The summed E-state index contributed by atoms with van der Waals surface area (Å²) in [6.07, 6.45) is 6.42. The number of nitrogens with one attached hydrogen (secondary N) is 2. The quantitative estimate of drug-likeness (QED) is 0.651. The van der Waals surface area contributed by atoms with Crippen LogP contribution in [0, 0.1) is 5.92 Å². The van der Waals surface area contributed by atoms with E-state index in [1.165, 1.54) is 18.4 Å². The standard InChI is InChI=1S/C16H21N5/c1-17-16(18-11-13-3-4-13)19-12-14-5-7-15(8-6-14)21-10-2-9-20-21/h2,5-10,13H,3-4,11-12H2,1H3,(H2,17,18,19). The summed E-state index contributed by atoms with van der Waals surface area (Å²) >= 11 is 0. The summed E-state index contributed by atoms with van der Waals surface area (Å²) in [4.78, 5) is 4.24. The summed E-state index contributed by atoms with van der Waals surface area (Å²) in [5, 5.41) is 10.9. The number of nitrogens with zero attached hydrogens (tertiary/aromatic N) is 3. The number of benzene rings is 1. The van der Waals surface area contributed by atoms with Crippen LogP contribution >= 0.6 is 0 Å². The maximum atomic E-state index is 4.24. The summed E-state index contributed by atoms with van der Waals surface area (Å²) in [5.41, 5.74) is 2.29. The highest BCUT2D eigenvalue weighted by Gasteiger charge is 2.20. The van der Waals surface area contributed by atoms with Gasteiger partial charge in [0, 0.05) is 32.5 Å². The molecule has 2 aromatic rings. The van der Waals surface area contributed by atoms with Crippen molar-refractivity contribution in [3.63, 3.8) is 0 Å². The molecule has 0 spiro atoms. The van der Waals surface area contributed by atoms with Crippen LogP contribution in [0.1, 0.15) is 18.4 Å². The first-order valence-corrected chi connectivity index (χ1v) is 7.38. The van der Waals surface area contributed by atoms with Crippen LogP contribution in [0.3, 0.4) is 0 Å². The van der Waals surface area contributed by atoms with Gasteiger partial charge in [0.05, 0.1) is 5.69 Å². The van der Waals surface area contributed by atoms with E-state index in [0.717, 1.165) is 30.7 Å². The lowest BCUT2D eigenvalue weighted by molar-refractivity contribution is 0.737. The molecule has 5 heteroatoms. The van der Waals surface area contributed by atoms with E-state index >= 15 is 0 Å². The Balaban J connectivity index is 1.52. The van der Waals surface area contributed by atoms with Gasteiger partial charge in [-0.05, 0) is 42.5 Å². The highest BCUT2D eigenvalue weighted by Crippen LogP contribution is 2.27. The third-order valence-corrected chi connectivity index (χ3v) is 3.64. The van der Waals surface area contributed by atoms with Crippen molar-refractivity contribution < 1.29 is 0 Å². The number of rotatable bonds is 5. The smallest absolute Gasteiger partial charge is 0.191 e. The Morgan fingerprint density at radius 2 is 2.10 bits per heavy atom. The van der Waals surface area contributed by atoms with Gasteiger partial charge in [-0.2, -0.15) is 5.10 Å². The summed E-state index contributed by atoms with van der Waals surface area (Å²) < 4.78 is 1.85. The lowest BCUT2D eigenvalue weighted by Crippen LogP contribution is -2.37. The molecule has 1 heterocycles. The molecule has 0 unspecified atom stereocenters. The SMILES string of the molecule is CN=C(NCc1ccc(-n2cccn2)cc1)NCC1CC1. The lowest BCUT2D eigenvalue weighted by atomic mass is 10.2. The van der Waals surface area contributed by atoms with Gasteiger partial charge in [0.1, 0.15) is 0 Å². The third kappa shape index (κ3) is 3.84. The van der Waals surface area contributed by atoms with Crippen molar-refractivity contribution in [3.8, 4) is 5.69 Å². The molecule has 0 atom stereocenters. The number of hydrogen-bond donors (Lipinski definition) is 2. The first kappa shape index (κ1) is 13.7. The minimum absolute atomic E-state index is 0.768. The minimum Gasteiger partial charge on any atom is -0.356 e. The number of guanidine groups is 1. The van der Waals surface area contributed by atoms with Crippen LogP contribution in [-0.4, -0.2) is 29.3 Å². The molecule has 2 N–H and O–H groups in total. The highest BCUT2D eigenvalue weighted by molar-refractivity contribution is 5.79. The highest BCUT2D eigenvalue weighted by atomic mass is 15.3. The molecule has 1 fully saturated rings. The summed E-state index contributed by atoms with van der Waals surface area (Å²) in [6, 6.07) is 10.3. The number of hydrogen-bond acceptors (Lipinski definition) is 2. The van der Waals surface area contributed by atoms with Gasteiger partial charge in [-0.15, -0.1) is 0 Å². The zero-order chi connectivity index (χ0) is 14.5. The first-order valence-electron chi connectivity index (χ1n) is 7.38. The van der Waals surface area contributed by atoms with E-state index < -0.39 is 0 Å². The van der Waals surface area contributed by atoms with Gasteiger partial charge in [0.25, 0.3) is 0 Å². The van der Waals surface area contributed by atoms with Crippen LogP contribution in [0.4, 0.5) is 0 Å². The molecule has 0 radical (unpaired) electrons. The van der Waals surface area contributed by atoms with Crippen LogP contribution in [0.2, 0.25) is 0 Å². The maximum absolute atomic E-state index is 4.24. The molecular formula is C16H21N5. The molecule has 1 aliphatic carbocycles. The van der Waals surface area contributed by atoms with Crippen molar-refractivity contribution >= 4 is 5.96 Å². The second kappa shape index (κ2) is 6.43. The largest absolute Gasteiger partial charge is 0.356 e. The predicted octanol–water partition coefficient (Wildman–Crippen LogP) is 1.95. The van der Waals surface area contributed by atoms with Crippen LogP contribution < -0.4 is 10.6 Å². The Morgan fingerprint density at radius 1 is 1.29 bits per heavy atom. The lowest BCUT2D eigenvalue weighted by Gasteiger charge is -2.11. The summed E-state index contributed by atoms with van der Waals surface area (Å²) in [5.74, 6) is 1.72. The van der Waals surface area contributed by atoms with E-state index in [1.807, 2.05) is 24.0 Å². The predicted molar refractivity (Wildman–Crippen MR) is 84.5 cm³/mol. The Hall–Kier alpha value is -2.30. The van der Waals surface area contributed by atoms with E-state index in [4.69, 9.17) is 0 Å². The van der Waals surface area contributed by atoms with Gasteiger partial charge in [0.2, 0.25) is 0 Å². The normalized spacial score (nSPS) is 15.0. The zero-order valence-electron chi connectivity index (χ0n) is 12.3. The Bertz CT molecular complexity index is 582. The van der Waals surface area contributed by atoms with Crippen molar-refractivity contribution in [3.05, 3.63) is 48.3 Å². The first-order chi connectivity index (χ1) is 10.3. The molecule has 1 aliphatic rings. The van der Waals surface area contributed by atoms with Crippen molar-refractivity contribution in [1.82, 2.24) is 20.4 Å². The Labute approximate surface area is 125 Å². The molecule has 3 rings (SSSR count). The van der Waals surface area contributed by atoms with Gasteiger partial charge >= 0.3 is 0 Å². The van der Waals surface area contributed by atoms with Crippen LogP contribution in [-0.2, 0) is 6.54 Å². The van der Waals surface area contributed by atoms with E-state index in [1.54, 1.807) is 6.20 Å². The van der Waals surface area contributed by atoms with Crippen LogP contribution in [0.25, 0.3) is 5.69 Å². The molecule has 110 valence electrons. The molecule has 0 aliphatic heterocycles. The topological polar surface area (TPSA) is 54.2 Å². The molecule has 0 saturated heterocycles. The fraction of sp³-hybridized carbons (Fsp3) is 0.375. The summed E-state index contributed by atoms with van der Waals surface area (Å²) in [7, 11) is 1.81. The van der Waals surface area contributed by atoms with Crippen LogP contribution in [0.5, 0.6) is 0 Å². The van der Waals surface area contributed by atoms with Crippen LogP contribution in [0.15, 0.2) is 47.7 Å². The molecule has 1 aromatic carbocycles. The number of aliphatic imine (C=N–C) groups is 1. The average Bonchev–Trinajstić information content (AvgIpc) is 3.19. The second-order valence-electron chi connectivity index (χ2n) is 5.37. The fourth-order valence-corrected chi connectivity index (χ4v) is 2.16. The average molecular weight is 283 g/mol. The maximum Gasteiger partial charge on any atom is 0.191 e. The monoisotopic (exact) mass is 283 g/mol. The van der Waals surface area contributed by atoms with Gasteiger partial charge in [-0.3, -0.25) is 4.99 Å². The number of aromatic nitrogens is 2. The summed E-state index contributed by atoms with van der Waals surface area (Å²) in [6.45, 7) is 1.79. The van der Waals surface area contributed by atoms with E-state index in [-0.39, 0.29) is 0 Å². The molecular weight excluding hydrogens is 262 g/mol. The molecule has 0 amide bonds. The van der Waals surface area contributed by atoms with Crippen molar-refractivity contribution in [2.75, 3.05) is 13.6 Å². The zero-order valence-corrected chi connectivity index (χ0v) is 12.3. The van der Waals surface area contributed by atoms with Crippen molar-refractivity contribution in [2.24, 2.45) is 10.9 Å². The Kier molecular flexibility index (Phi) is 4.19. The molecule has 1 aromatic heterocycles. The Morgan fingerprint density at radius 3 is 2.71 bits per heavy atom. The van der Waals surface area contributed by atoms with Crippen molar-refractivity contribution in [1.29, 1.82) is 0 Å². The van der Waals surface area contributed by atoms with Gasteiger partial charge in [0.15, 0.2) is 5.96 Å². The molecule has 0 bridgehead atoms. The molecule has 1 saturated carbocycles. The molecule has 5 nitrogen and oxygen atoms in total.